The van der Waals surface area contributed by atoms with Gasteiger partial charge in [0.25, 0.3) is 0 Å². The minimum atomic E-state index is 0.623. The summed E-state index contributed by atoms with van der Waals surface area (Å²) in [6.07, 6.45) is 0. The second-order valence-electron chi connectivity index (χ2n) is 12.7. The van der Waals surface area contributed by atoms with Gasteiger partial charge in [-0.15, -0.1) is 11.3 Å². The molecule has 0 fully saturated rings. The molecule has 0 aliphatic heterocycles. The fraction of sp³-hybridized carbons (Fsp3) is 0. The third-order valence-corrected chi connectivity index (χ3v) is 10.6. The van der Waals surface area contributed by atoms with E-state index in [1.54, 1.807) is 11.3 Å². The summed E-state index contributed by atoms with van der Waals surface area (Å²) in [6.45, 7) is 0. The van der Waals surface area contributed by atoms with Gasteiger partial charge in [0, 0.05) is 37.7 Å². The molecule has 0 aliphatic carbocycles. The van der Waals surface area contributed by atoms with Gasteiger partial charge in [-0.3, -0.25) is 0 Å². The second-order valence-corrected chi connectivity index (χ2v) is 13.7. The Labute approximate surface area is 298 Å². The molecule has 5 heteroatoms. The van der Waals surface area contributed by atoms with Crippen molar-refractivity contribution in [3.63, 3.8) is 0 Å². The zero-order valence-electron chi connectivity index (χ0n) is 27.4. The van der Waals surface area contributed by atoms with Crippen LogP contribution in [-0.4, -0.2) is 19.9 Å². The standard InChI is InChI=1S/C46H28N4S/c1-3-14-30(15-4-1)44-48-45(31-16-5-2-6-17-31)50-46(49-44)36-27-34(33-24-23-29-13-7-8-18-32(29)25-33)26-35(28-36)41-37-19-9-11-21-39(37)47-42-38-20-10-12-22-40(38)51-43(41)42/h1-28H. The molecule has 0 spiro atoms. The van der Waals surface area contributed by atoms with Gasteiger partial charge >= 0.3 is 0 Å². The number of aromatic nitrogens is 4. The number of para-hydroxylation sites is 1. The van der Waals surface area contributed by atoms with Gasteiger partial charge in [-0.1, -0.05) is 133 Å². The van der Waals surface area contributed by atoms with E-state index in [4.69, 9.17) is 19.9 Å². The molecule has 0 aliphatic rings. The van der Waals surface area contributed by atoms with Crippen LogP contribution >= 0.6 is 11.3 Å². The highest BCUT2D eigenvalue weighted by Gasteiger charge is 2.19. The Bertz CT molecular complexity index is 2860. The van der Waals surface area contributed by atoms with Crippen molar-refractivity contribution in [2.45, 2.75) is 0 Å². The molecular weight excluding hydrogens is 641 g/mol. The number of benzene rings is 7. The lowest BCUT2D eigenvalue weighted by Gasteiger charge is -2.14. The first-order valence-corrected chi connectivity index (χ1v) is 17.8. The van der Waals surface area contributed by atoms with Crippen molar-refractivity contribution in [1.29, 1.82) is 0 Å². The van der Waals surface area contributed by atoms with Gasteiger partial charge in [0.05, 0.1) is 15.7 Å². The average Bonchev–Trinajstić information content (AvgIpc) is 3.58. The van der Waals surface area contributed by atoms with Crippen LogP contribution in [-0.2, 0) is 0 Å². The van der Waals surface area contributed by atoms with Crippen LogP contribution in [0.1, 0.15) is 0 Å². The maximum absolute atomic E-state index is 5.22. The van der Waals surface area contributed by atoms with E-state index in [1.807, 2.05) is 60.7 Å². The molecule has 0 atom stereocenters. The van der Waals surface area contributed by atoms with Gasteiger partial charge in [-0.25, -0.2) is 19.9 Å². The lowest BCUT2D eigenvalue weighted by Crippen LogP contribution is -2.00. The van der Waals surface area contributed by atoms with Crippen molar-refractivity contribution in [2.75, 3.05) is 0 Å². The lowest BCUT2D eigenvalue weighted by molar-refractivity contribution is 1.07. The topological polar surface area (TPSA) is 51.6 Å². The van der Waals surface area contributed by atoms with Crippen LogP contribution in [0, 0.1) is 0 Å². The van der Waals surface area contributed by atoms with Gasteiger partial charge in [0.2, 0.25) is 0 Å². The molecule has 10 rings (SSSR count). The van der Waals surface area contributed by atoms with E-state index in [0.29, 0.717) is 17.5 Å². The molecule has 10 aromatic rings. The highest BCUT2D eigenvalue weighted by molar-refractivity contribution is 7.26. The van der Waals surface area contributed by atoms with Crippen molar-refractivity contribution in [1.82, 2.24) is 19.9 Å². The Balaban J connectivity index is 1.29. The Hall–Kier alpha value is -6.56. The second kappa shape index (κ2) is 12.1. The Morgan fingerprint density at radius 2 is 0.922 bits per heavy atom. The summed E-state index contributed by atoms with van der Waals surface area (Å²) < 4.78 is 2.39. The van der Waals surface area contributed by atoms with E-state index in [2.05, 4.69) is 109 Å². The van der Waals surface area contributed by atoms with Gasteiger partial charge < -0.3 is 0 Å². The summed E-state index contributed by atoms with van der Waals surface area (Å²) >= 11 is 1.80. The fourth-order valence-corrected chi connectivity index (χ4v) is 8.22. The number of nitrogens with zero attached hydrogens (tertiary/aromatic N) is 4. The third-order valence-electron chi connectivity index (χ3n) is 9.46. The Morgan fingerprint density at radius 3 is 1.67 bits per heavy atom. The molecule has 4 nitrogen and oxygen atoms in total. The van der Waals surface area contributed by atoms with E-state index >= 15 is 0 Å². The van der Waals surface area contributed by atoms with Gasteiger partial charge in [0.15, 0.2) is 17.5 Å². The average molecular weight is 669 g/mol. The highest BCUT2D eigenvalue weighted by Crippen LogP contribution is 2.44. The molecule has 3 aromatic heterocycles. The number of thiophene rings is 1. The summed E-state index contributed by atoms with van der Waals surface area (Å²) in [6, 6.07) is 59.3. The maximum Gasteiger partial charge on any atom is 0.164 e. The quantitative estimate of drug-likeness (QED) is 0.183. The molecule has 0 saturated heterocycles. The minimum absolute atomic E-state index is 0.623. The Morgan fingerprint density at radius 1 is 0.353 bits per heavy atom. The first-order chi connectivity index (χ1) is 25.2. The van der Waals surface area contributed by atoms with E-state index < -0.39 is 0 Å². The summed E-state index contributed by atoms with van der Waals surface area (Å²) in [5.41, 5.74) is 9.28. The van der Waals surface area contributed by atoms with Crippen molar-refractivity contribution in [3.05, 3.63) is 170 Å². The molecular formula is C46H28N4S. The number of hydrogen-bond donors (Lipinski definition) is 0. The summed E-state index contributed by atoms with van der Waals surface area (Å²) in [4.78, 5) is 20.5. The third kappa shape index (κ3) is 5.23. The minimum Gasteiger partial charge on any atom is -0.246 e. The summed E-state index contributed by atoms with van der Waals surface area (Å²) in [7, 11) is 0. The summed E-state index contributed by atoms with van der Waals surface area (Å²) in [5, 5.41) is 4.69. The van der Waals surface area contributed by atoms with Crippen molar-refractivity contribution < 1.29 is 0 Å². The maximum atomic E-state index is 5.22. The molecule has 0 unspecified atom stereocenters. The predicted octanol–water partition coefficient (Wildman–Crippen LogP) is 12.3. The Kier molecular flexibility index (Phi) is 6.96. The first-order valence-electron chi connectivity index (χ1n) is 17.0. The number of hydrogen-bond acceptors (Lipinski definition) is 5. The monoisotopic (exact) mass is 668 g/mol. The first kappa shape index (κ1) is 29.4. The normalized spacial score (nSPS) is 11.5. The molecule has 0 amide bonds. The zero-order chi connectivity index (χ0) is 33.7. The smallest absolute Gasteiger partial charge is 0.164 e. The molecule has 51 heavy (non-hydrogen) atoms. The molecule has 0 radical (unpaired) electrons. The van der Waals surface area contributed by atoms with E-state index in [1.165, 1.54) is 31.1 Å². The van der Waals surface area contributed by atoms with E-state index in [-0.39, 0.29) is 0 Å². The van der Waals surface area contributed by atoms with Crippen LogP contribution in [0.25, 0.3) is 98.4 Å². The van der Waals surface area contributed by atoms with Crippen LogP contribution in [0.3, 0.4) is 0 Å². The van der Waals surface area contributed by atoms with Gasteiger partial charge in [0.1, 0.15) is 0 Å². The molecule has 0 bridgehead atoms. The van der Waals surface area contributed by atoms with Crippen LogP contribution in [0.4, 0.5) is 0 Å². The largest absolute Gasteiger partial charge is 0.246 e. The molecule has 3 heterocycles. The van der Waals surface area contributed by atoms with Crippen LogP contribution in [0.2, 0.25) is 0 Å². The van der Waals surface area contributed by atoms with Crippen LogP contribution < -0.4 is 0 Å². The fourth-order valence-electron chi connectivity index (χ4n) is 7.00. The molecule has 0 N–H and O–H groups in total. The number of fused-ring (bicyclic) bond motifs is 5. The molecule has 238 valence electrons. The van der Waals surface area contributed by atoms with Gasteiger partial charge in [-0.05, 0) is 63.9 Å². The highest BCUT2D eigenvalue weighted by atomic mass is 32.1. The van der Waals surface area contributed by atoms with Crippen molar-refractivity contribution in [3.8, 4) is 56.4 Å². The summed E-state index contributed by atoms with van der Waals surface area (Å²) in [5.74, 6) is 1.90. The number of rotatable bonds is 5. The SMILES string of the molecule is c1ccc(-c2nc(-c3ccccc3)nc(-c3cc(-c4ccc5ccccc5c4)cc(-c4c5ccccc5nc5c4sc4ccccc45)c3)n2)cc1. The van der Waals surface area contributed by atoms with Crippen molar-refractivity contribution in [2.24, 2.45) is 0 Å². The molecule has 7 aromatic carbocycles. The van der Waals surface area contributed by atoms with E-state index in [0.717, 1.165) is 49.8 Å². The predicted molar refractivity (Wildman–Crippen MR) is 213 cm³/mol. The lowest BCUT2D eigenvalue weighted by atomic mass is 9.92. The number of pyridine rings is 1. The zero-order valence-corrected chi connectivity index (χ0v) is 28.2. The van der Waals surface area contributed by atoms with Gasteiger partial charge in [-0.2, -0.15) is 0 Å². The van der Waals surface area contributed by atoms with Crippen LogP contribution in [0.15, 0.2) is 170 Å². The van der Waals surface area contributed by atoms with Crippen molar-refractivity contribution >= 4 is 53.3 Å². The molecule has 0 saturated carbocycles. The van der Waals surface area contributed by atoms with E-state index in [9.17, 15) is 0 Å². The van der Waals surface area contributed by atoms with Crippen LogP contribution in [0.5, 0.6) is 0 Å².